The van der Waals surface area contributed by atoms with Gasteiger partial charge in [-0.15, -0.1) is 10.2 Å². The molecule has 2 heterocycles. The van der Waals surface area contributed by atoms with Gasteiger partial charge in [-0.2, -0.15) is 0 Å². The number of para-hydroxylation sites is 1. The molecule has 1 aliphatic rings. The number of ether oxygens (including phenoxy) is 2. The molecule has 2 aromatic heterocycles. The van der Waals surface area contributed by atoms with E-state index in [0.717, 1.165) is 30.0 Å². The lowest BCUT2D eigenvalue weighted by Gasteiger charge is -2.18. The van der Waals surface area contributed by atoms with E-state index in [1.165, 1.54) is 0 Å². The zero-order valence-electron chi connectivity index (χ0n) is 18.4. The number of methoxy groups -OCH3 is 1. The van der Waals surface area contributed by atoms with Crippen LogP contribution < -0.4 is 14.8 Å². The zero-order chi connectivity index (χ0) is 22.8. The Bertz CT molecular complexity index is 1280. The Morgan fingerprint density at radius 3 is 2.45 bits per heavy atom. The van der Waals surface area contributed by atoms with Gasteiger partial charge < -0.3 is 14.8 Å². The molecule has 0 atom stereocenters. The monoisotopic (exact) mass is 441 g/mol. The van der Waals surface area contributed by atoms with Crippen molar-refractivity contribution in [1.29, 1.82) is 0 Å². The molecule has 1 saturated carbocycles. The maximum Gasteiger partial charge on any atom is 0.238 e. The second-order valence-electron chi connectivity index (χ2n) is 7.94. The second kappa shape index (κ2) is 8.38. The first-order valence-electron chi connectivity index (χ1n) is 10.7. The lowest BCUT2D eigenvalue weighted by molar-refractivity contribution is -0.118. The van der Waals surface area contributed by atoms with Gasteiger partial charge in [-0.1, -0.05) is 18.2 Å². The van der Waals surface area contributed by atoms with Gasteiger partial charge in [0.15, 0.2) is 5.82 Å². The summed E-state index contributed by atoms with van der Waals surface area (Å²) >= 11 is 0. The van der Waals surface area contributed by atoms with Gasteiger partial charge in [-0.3, -0.25) is 9.36 Å². The van der Waals surface area contributed by atoms with Crippen molar-refractivity contribution in [3.05, 3.63) is 84.4 Å². The van der Waals surface area contributed by atoms with Crippen molar-refractivity contribution < 1.29 is 14.3 Å². The van der Waals surface area contributed by atoms with Crippen molar-refractivity contribution in [2.24, 2.45) is 0 Å². The van der Waals surface area contributed by atoms with Crippen LogP contribution in [-0.2, 0) is 10.2 Å². The number of rotatable bonds is 7. The van der Waals surface area contributed by atoms with E-state index in [2.05, 4.69) is 20.5 Å². The quantitative estimate of drug-likeness (QED) is 0.456. The van der Waals surface area contributed by atoms with Gasteiger partial charge in [0.05, 0.1) is 12.5 Å². The third-order valence-electron chi connectivity index (χ3n) is 5.84. The lowest BCUT2D eigenvalue weighted by Crippen LogP contribution is -2.28. The van der Waals surface area contributed by atoms with Crippen LogP contribution in [0.2, 0.25) is 0 Å². The molecule has 0 radical (unpaired) electrons. The molecule has 1 fully saturated rings. The van der Waals surface area contributed by atoms with Gasteiger partial charge in [-0.25, -0.2) is 4.98 Å². The Morgan fingerprint density at radius 2 is 1.82 bits per heavy atom. The number of carbonyl (C=O) groups is 1. The van der Waals surface area contributed by atoms with Crippen LogP contribution in [0.3, 0.4) is 0 Å². The van der Waals surface area contributed by atoms with Gasteiger partial charge in [0.25, 0.3) is 0 Å². The smallest absolute Gasteiger partial charge is 0.238 e. The van der Waals surface area contributed by atoms with Crippen molar-refractivity contribution in [3.8, 4) is 23.2 Å². The van der Waals surface area contributed by atoms with Gasteiger partial charge in [0, 0.05) is 29.7 Å². The molecule has 1 N–H and O–H groups in total. The molecule has 8 heteroatoms. The summed E-state index contributed by atoms with van der Waals surface area (Å²) in [6.07, 6.45) is 5.14. The van der Waals surface area contributed by atoms with Crippen LogP contribution in [0.5, 0.6) is 17.4 Å². The first-order valence-corrected chi connectivity index (χ1v) is 10.7. The highest BCUT2D eigenvalue weighted by atomic mass is 16.5. The van der Waals surface area contributed by atoms with Crippen molar-refractivity contribution in [1.82, 2.24) is 19.7 Å². The molecule has 0 saturated heterocycles. The van der Waals surface area contributed by atoms with Crippen LogP contribution in [0.25, 0.3) is 5.82 Å². The number of aromatic nitrogens is 4. The van der Waals surface area contributed by atoms with Crippen LogP contribution in [0.15, 0.2) is 73.1 Å². The summed E-state index contributed by atoms with van der Waals surface area (Å²) in [6.45, 7) is 1.90. The molecular weight excluding hydrogens is 418 g/mol. The molecule has 1 aliphatic carbocycles. The number of imidazole rings is 1. The maximum absolute atomic E-state index is 13.1. The molecule has 0 unspecified atom stereocenters. The molecule has 4 aromatic rings. The number of nitrogens with one attached hydrogen (secondary N) is 1. The highest BCUT2D eigenvalue weighted by Gasteiger charge is 2.52. The van der Waals surface area contributed by atoms with E-state index >= 15 is 0 Å². The molecule has 1 amide bonds. The van der Waals surface area contributed by atoms with E-state index in [-0.39, 0.29) is 5.91 Å². The minimum absolute atomic E-state index is 0.0306. The highest BCUT2D eigenvalue weighted by Crippen LogP contribution is 2.52. The van der Waals surface area contributed by atoms with Gasteiger partial charge in [0.2, 0.25) is 11.8 Å². The van der Waals surface area contributed by atoms with Crippen LogP contribution in [0.4, 0.5) is 5.69 Å². The summed E-state index contributed by atoms with van der Waals surface area (Å²) in [7, 11) is 1.63. The number of nitrogens with zero attached hydrogens (tertiary/aromatic N) is 4. The predicted molar refractivity (Wildman–Crippen MR) is 123 cm³/mol. The van der Waals surface area contributed by atoms with Crippen molar-refractivity contribution in [2.75, 3.05) is 12.4 Å². The molecule has 0 spiro atoms. The Hall–Kier alpha value is -4.20. The summed E-state index contributed by atoms with van der Waals surface area (Å²) < 4.78 is 13.1. The highest BCUT2D eigenvalue weighted by molar-refractivity contribution is 6.01. The minimum atomic E-state index is -0.535. The molecule has 0 aliphatic heterocycles. The molecule has 8 nitrogen and oxygen atoms in total. The second-order valence-corrected chi connectivity index (χ2v) is 7.94. The zero-order valence-corrected chi connectivity index (χ0v) is 18.4. The first-order chi connectivity index (χ1) is 16.1. The fraction of sp³-hybridized carbons (Fsp3) is 0.200. The van der Waals surface area contributed by atoms with Crippen LogP contribution in [-0.4, -0.2) is 32.8 Å². The van der Waals surface area contributed by atoms with E-state index in [1.54, 1.807) is 31.5 Å². The molecule has 0 bridgehead atoms. The summed E-state index contributed by atoms with van der Waals surface area (Å²) in [5, 5.41) is 11.3. The van der Waals surface area contributed by atoms with Crippen molar-refractivity contribution >= 4 is 11.6 Å². The summed E-state index contributed by atoms with van der Waals surface area (Å²) in [5.41, 5.74) is 1.09. The minimum Gasteiger partial charge on any atom is -0.496 e. The van der Waals surface area contributed by atoms with Crippen molar-refractivity contribution in [2.45, 2.75) is 25.2 Å². The SMILES string of the molecule is COc1ccccc1C1(C(=O)Nc2ccc(Oc3ccc(-n4ccnc4C)nn3)cc2)CC1. The van der Waals surface area contributed by atoms with E-state index in [9.17, 15) is 4.79 Å². The largest absolute Gasteiger partial charge is 0.496 e. The van der Waals surface area contributed by atoms with Crippen LogP contribution in [0.1, 0.15) is 24.2 Å². The third-order valence-corrected chi connectivity index (χ3v) is 5.84. The Balaban J connectivity index is 1.25. The standard InChI is InChI=1S/C25H23N5O3/c1-17-26-15-16-30(17)22-11-12-23(29-28-22)33-19-9-7-18(8-10-19)27-24(31)25(13-14-25)20-5-3-4-6-21(20)32-2/h3-12,15-16H,13-14H2,1-2H3,(H,27,31). The average Bonchev–Trinajstić information content (AvgIpc) is 3.55. The maximum atomic E-state index is 13.1. The Morgan fingerprint density at radius 1 is 1.03 bits per heavy atom. The molecule has 2 aromatic carbocycles. The average molecular weight is 441 g/mol. The summed E-state index contributed by atoms with van der Waals surface area (Å²) in [6, 6.07) is 18.4. The molecule has 33 heavy (non-hydrogen) atoms. The molecule has 5 rings (SSSR count). The van der Waals surface area contributed by atoms with Crippen LogP contribution >= 0.6 is 0 Å². The predicted octanol–water partition coefficient (Wildman–Crippen LogP) is 4.44. The van der Waals surface area contributed by atoms with Gasteiger partial charge in [-0.05, 0) is 56.2 Å². The fourth-order valence-corrected chi connectivity index (χ4v) is 3.88. The Labute approximate surface area is 191 Å². The number of hydrogen-bond acceptors (Lipinski definition) is 6. The number of benzene rings is 2. The Kier molecular flexibility index (Phi) is 5.26. The fourth-order valence-electron chi connectivity index (χ4n) is 3.88. The van der Waals surface area contributed by atoms with Crippen LogP contribution in [0, 0.1) is 6.92 Å². The summed E-state index contributed by atoms with van der Waals surface area (Å²) in [4.78, 5) is 17.3. The topological polar surface area (TPSA) is 91.2 Å². The van der Waals surface area contributed by atoms with E-state index in [1.807, 2.05) is 60.2 Å². The van der Waals surface area contributed by atoms with E-state index in [4.69, 9.17) is 9.47 Å². The first kappa shape index (κ1) is 20.7. The molecule has 166 valence electrons. The number of aryl methyl sites for hydroxylation is 1. The number of amides is 1. The number of anilines is 1. The normalized spacial score (nSPS) is 13.9. The van der Waals surface area contributed by atoms with Gasteiger partial charge >= 0.3 is 0 Å². The summed E-state index contributed by atoms with van der Waals surface area (Å²) in [5.74, 6) is 3.18. The van der Waals surface area contributed by atoms with E-state index in [0.29, 0.717) is 23.1 Å². The third kappa shape index (κ3) is 4.03. The van der Waals surface area contributed by atoms with Crippen molar-refractivity contribution in [3.63, 3.8) is 0 Å². The lowest BCUT2D eigenvalue weighted by atomic mass is 9.94. The molecular formula is C25H23N5O3. The number of carbonyl (C=O) groups excluding carboxylic acids is 1. The van der Waals surface area contributed by atoms with Gasteiger partial charge in [0.1, 0.15) is 17.3 Å². The van der Waals surface area contributed by atoms with E-state index < -0.39 is 5.41 Å². The number of hydrogen-bond donors (Lipinski definition) is 1.